The molecule has 94 valence electrons. The summed E-state index contributed by atoms with van der Waals surface area (Å²) in [6.45, 7) is 8.01. The van der Waals surface area contributed by atoms with E-state index in [2.05, 4.69) is 16.0 Å². The van der Waals surface area contributed by atoms with Crippen LogP contribution in [0.4, 0.5) is 0 Å². The molecule has 0 bridgehead atoms. The molecule has 0 aromatic rings. The molecule has 0 fully saturated rings. The van der Waals surface area contributed by atoms with Gasteiger partial charge in [-0.3, -0.25) is 9.59 Å². The minimum atomic E-state index is -0.133. The summed E-state index contributed by atoms with van der Waals surface area (Å²) in [7, 11) is 0. The molecule has 0 heterocycles. The average Bonchev–Trinajstić information content (AvgIpc) is 2.30. The van der Waals surface area contributed by atoms with Gasteiger partial charge in [-0.2, -0.15) is 0 Å². The van der Waals surface area contributed by atoms with E-state index in [-0.39, 0.29) is 24.3 Å². The fourth-order valence-corrected chi connectivity index (χ4v) is 1.12. The van der Waals surface area contributed by atoms with Crippen LogP contribution < -0.4 is 16.0 Å². The largest absolute Gasteiger partial charge is 0.355 e. The fraction of sp³-hybridized carbons (Fsp3) is 0.818. The quantitative estimate of drug-likeness (QED) is 0.543. The molecule has 0 aromatic heterocycles. The number of carbonyl (C=O) groups is 2. The molecule has 3 N–H and O–H groups in total. The third-order valence-corrected chi connectivity index (χ3v) is 2.14. The van der Waals surface area contributed by atoms with Crippen molar-refractivity contribution in [1.29, 1.82) is 0 Å². The third kappa shape index (κ3) is 7.23. The van der Waals surface area contributed by atoms with Crippen molar-refractivity contribution in [3.05, 3.63) is 0 Å². The Balaban J connectivity index is 3.66. The van der Waals surface area contributed by atoms with Gasteiger partial charge in [0.2, 0.25) is 11.8 Å². The average molecular weight is 229 g/mol. The fourth-order valence-electron chi connectivity index (χ4n) is 1.12. The summed E-state index contributed by atoms with van der Waals surface area (Å²) in [5, 5.41) is 8.40. The Morgan fingerprint density at radius 3 is 2.44 bits per heavy atom. The first kappa shape index (κ1) is 14.9. The highest BCUT2D eigenvalue weighted by molar-refractivity contribution is 5.85. The summed E-state index contributed by atoms with van der Waals surface area (Å²) < 4.78 is 0. The number of amides is 2. The van der Waals surface area contributed by atoms with Crippen molar-refractivity contribution in [2.24, 2.45) is 5.92 Å². The number of nitrogens with one attached hydrogen (secondary N) is 3. The second kappa shape index (κ2) is 9.15. The van der Waals surface area contributed by atoms with Crippen LogP contribution in [0.15, 0.2) is 0 Å². The molecular weight excluding hydrogens is 206 g/mol. The van der Waals surface area contributed by atoms with E-state index >= 15 is 0 Å². The highest BCUT2D eigenvalue weighted by Crippen LogP contribution is 1.91. The van der Waals surface area contributed by atoms with Gasteiger partial charge in [-0.1, -0.05) is 20.8 Å². The molecule has 0 rings (SSSR count). The zero-order chi connectivity index (χ0) is 12.4. The van der Waals surface area contributed by atoms with E-state index in [1.165, 1.54) is 0 Å². The van der Waals surface area contributed by atoms with Crippen molar-refractivity contribution in [2.45, 2.75) is 27.2 Å². The van der Waals surface area contributed by atoms with Crippen LogP contribution in [-0.2, 0) is 9.59 Å². The minimum Gasteiger partial charge on any atom is -0.355 e. The summed E-state index contributed by atoms with van der Waals surface area (Å²) in [6, 6.07) is 0. The molecular formula is C11H23N3O2. The maximum Gasteiger partial charge on any atom is 0.239 e. The zero-order valence-corrected chi connectivity index (χ0v) is 10.4. The Hall–Kier alpha value is -1.10. The van der Waals surface area contributed by atoms with Crippen molar-refractivity contribution in [3.63, 3.8) is 0 Å². The van der Waals surface area contributed by atoms with Crippen LogP contribution in [0.1, 0.15) is 27.2 Å². The van der Waals surface area contributed by atoms with Crippen molar-refractivity contribution in [1.82, 2.24) is 16.0 Å². The summed E-state index contributed by atoms with van der Waals surface area (Å²) in [5.41, 5.74) is 0. The topological polar surface area (TPSA) is 70.2 Å². The number of hydrogen-bond donors (Lipinski definition) is 3. The van der Waals surface area contributed by atoms with Crippen LogP contribution in [0.2, 0.25) is 0 Å². The lowest BCUT2D eigenvalue weighted by atomic mass is 10.1. The van der Waals surface area contributed by atoms with Gasteiger partial charge in [0.05, 0.1) is 6.54 Å². The van der Waals surface area contributed by atoms with Gasteiger partial charge in [0.25, 0.3) is 0 Å². The van der Waals surface area contributed by atoms with Gasteiger partial charge < -0.3 is 16.0 Å². The molecule has 0 radical (unpaired) electrons. The van der Waals surface area contributed by atoms with E-state index in [0.717, 1.165) is 13.0 Å². The number of rotatable bonds is 8. The lowest BCUT2D eigenvalue weighted by molar-refractivity contribution is -0.128. The third-order valence-electron chi connectivity index (χ3n) is 2.14. The van der Waals surface area contributed by atoms with E-state index in [0.29, 0.717) is 13.1 Å². The van der Waals surface area contributed by atoms with E-state index < -0.39 is 0 Å². The van der Waals surface area contributed by atoms with Gasteiger partial charge >= 0.3 is 0 Å². The lowest BCUT2D eigenvalue weighted by Gasteiger charge is -2.12. The van der Waals surface area contributed by atoms with Crippen LogP contribution >= 0.6 is 0 Å². The molecule has 0 spiro atoms. The Morgan fingerprint density at radius 1 is 1.19 bits per heavy atom. The van der Waals surface area contributed by atoms with Crippen molar-refractivity contribution in [2.75, 3.05) is 26.2 Å². The summed E-state index contributed by atoms with van der Waals surface area (Å²) in [4.78, 5) is 22.7. The van der Waals surface area contributed by atoms with Crippen LogP contribution in [0.5, 0.6) is 0 Å². The van der Waals surface area contributed by atoms with E-state index in [9.17, 15) is 9.59 Å². The predicted octanol–water partition coefficient (Wildman–Crippen LogP) is -0.126. The van der Waals surface area contributed by atoms with E-state index in [1.54, 1.807) is 0 Å². The molecule has 0 saturated heterocycles. The molecule has 0 aliphatic rings. The predicted molar refractivity (Wildman–Crippen MR) is 64.0 cm³/mol. The standard InChI is InChI=1S/C11H23N3O2/c1-4-6-13-10(15)8-14-11(16)9(3)7-12-5-2/h9,12H,4-8H2,1-3H3,(H,13,15)(H,14,16). The molecule has 1 unspecified atom stereocenters. The van der Waals surface area contributed by atoms with Crippen LogP contribution in [0.3, 0.4) is 0 Å². The monoisotopic (exact) mass is 229 g/mol. The number of carbonyl (C=O) groups excluding carboxylic acids is 2. The minimum absolute atomic E-state index is 0.0648. The second-order valence-electron chi connectivity index (χ2n) is 3.78. The molecule has 1 atom stereocenters. The molecule has 0 aliphatic heterocycles. The summed E-state index contributed by atoms with van der Waals surface area (Å²) >= 11 is 0. The first-order chi connectivity index (χ1) is 7.61. The molecule has 2 amide bonds. The highest BCUT2D eigenvalue weighted by atomic mass is 16.2. The SMILES string of the molecule is CCCNC(=O)CNC(=O)C(C)CNCC. The van der Waals surface area contributed by atoms with Gasteiger partial charge in [-0.05, 0) is 13.0 Å². The molecule has 0 aromatic carbocycles. The number of hydrogen-bond acceptors (Lipinski definition) is 3. The van der Waals surface area contributed by atoms with Crippen LogP contribution in [0.25, 0.3) is 0 Å². The molecule has 5 heteroatoms. The smallest absolute Gasteiger partial charge is 0.239 e. The molecule has 5 nitrogen and oxygen atoms in total. The van der Waals surface area contributed by atoms with E-state index in [4.69, 9.17) is 0 Å². The van der Waals surface area contributed by atoms with Gasteiger partial charge in [-0.25, -0.2) is 0 Å². The van der Waals surface area contributed by atoms with Crippen LogP contribution in [-0.4, -0.2) is 38.0 Å². The Labute approximate surface area is 97.4 Å². The van der Waals surface area contributed by atoms with Gasteiger partial charge in [0, 0.05) is 19.0 Å². The lowest BCUT2D eigenvalue weighted by Crippen LogP contribution is -2.41. The Bertz CT molecular complexity index is 219. The summed E-state index contributed by atoms with van der Waals surface area (Å²) in [5.74, 6) is -0.336. The molecule has 0 aliphatic carbocycles. The summed E-state index contributed by atoms with van der Waals surface area (Å²) in [6.07, 6.45) is 0.899. The normalized spacial score (nSPS) is 11.9. The van der Waals surface area contributed by atoms with Crippen molar-refractivity contribution in [3.8, 4) is 0 Å². The van der Waals surface area contributed by atoms with Crippen LogP contribution in [0, 0.1) is 5.92 Å². The molecule has 0 saturated carbocycles. The van der Waals surface area contributed by atoms with Crippen molar-refractivity contribution < 1.29 is 9.59 Å². The Kier molecular flexibility index (Phi) is 8.52. The van der Waals surface area contributed by atoms with Gasteiger partial charge in [0.1, 0.15) is 0 Å². The maximum atomic E-state index is 11.5. The first-order valence-corrected chi connectivity index (χ1v) is 5.86. The molecule has 16 heavy (non-hydrogen) atoms. The van der Waals surface area contributed by atoms with Gasteiger partial charge in [-0.15, -0.1) is 0 Å². The van der Waals surface area contributed by atoms with Crippen molar-refractivity contribution >= 4 is 11.8 Å². The zero-order valence-electron chi connectivity index (χ0n) is 10.4. The Morgan fingerprint density at radius 2 is 1.88 bits per heavy atom. The second-order valence-corrected chi connectivity index (χ2v) is 3.78. The van der Waals surface area contributed by atoms with E-state index in [1.807, 2.05) is 20.8 Å². The highest BCUT2D eigenvalue weighted by Gasteiger charge is 2.12. The maximum absolute atomic E-state index is 11.5. The first-order valence-electron chi connectivity index (χ1n) is 5.86. The van der Waals surface area contributed by atoms with Gasteiger partial charge in [0.15, 0.2) is 0 Å².